The van der Waals surface area contributed by atoms with Crippen molar-refractivity contribution < 1.29 is 19.1 Å². The summed E-state index contributed by atoms with van der Waals surface area (Å²) in [6.07, 6.45) is 12.1. The summed E-state index contributed by atoms with van der Waals surface area (Å²) >= 11 is 9.44. The number of fused-ring (bicyclic) bond motifs is 7. The number of ether oxygens (including phenoxy) is 2. The van der Waals surface area contributed by atoms with Crippen LogP contribution >= 0.6 is 34.3 Å². The molecule has 15 heteroatoms. The molecule has 0 saturated carbocycles. The van der Waals surface area contributed by atoms with Crippen LogP contribution in [0.2, 0.25) is 5.15 Å². The van der Waals surface area contributed by atoms with Crippen molar-refractivity contribution in [3.05, 3.63) is 61.9 Å². The molecule has 56 heavy (non-hydrogen) atoms. The fourth-order valence-corrected chi connectivity index (χ4v) is 11.3. The highest BCUT2D eigenvalue weighted by molar-refractivity contribution is 7.19. The van der Waals surface area contributed by atoms with Gasteiger partial charge in [0.05, 0.1) is 53.7 Å². The van der Waals surface area contributed by atoms with Crippen molar-refractivity contribution in [3.63, 3.8) is 0 Å². The number of aliphatic imine (C=N–C) groups is 1. The lowest BCUT2D eigenvalue weighted by Crippen LogP contribution is -2.42. The molecule has 4 aromatic heterocycles. The molecular formula is C41H47ClN8O4S2. The van der Waals surface area contributed by atoms with Crippen molar-refractivity contribution in [2.75, 3.05) is 50.6 Å². The van der Waals surface area contributed by atoms with E-state index >= 15 is 0 Å². The SMILES string of the molecule is CCOC(=O)[C@H]1CCc2c(sc3ncnc(Cl)c23)C1.CCOC(=O)[C@H]1CCc2c(sc3ncnc(Nc4cc5c(cc4N4CCC(N(C)C)CC4)CN=C5)c23)C1. The summed E-state index contributed by atoms with van der Waals surface area (Å²) < 4.78 is 10.4. The van der Waals surface area contributed by atoms with Crippen LogP contribution in [0.3, 0.4) is 0 Å². The topological polar surface area (TPSA) is 135 Å². The quantitative estimate of drug-likeness (QED) is 0.123. The van der Waals surface area contributed by atoms with Crippen LogP contribution in [-0.4, -0.2) is 89.4 Å². The van der Waals surface area contributed by atoms with Gasteiger partial charge in [-0.05, 0) is 114 Å². The maximum atomic E-state index is 12.4. The molecule has 294 valence electrons. The number of esters is 2. The van der Waals surface area contributed by atoms with Crippen molar-refractivity contribution in [2.24, 2.45) is 16.8 Å². The first kappa shape index (κ1) is 38.6. The zero-order valence-electron chi connectivity index (χ0n) is 32.3. The molecule has 0 unspecified atom stereocenters. The molecule has 1 aromatic carbocycles. The van der Waals surface area contributed by atoms with Gasteiger partial charge in [-0.1, -0.05) is 11.6 Å². The van der Waals surface area contributed by atoms with Gasteiger partial charge < -0.3 is 24.6 Å². The van der Waals surface area contributed by atoms with Gasteiger partial charge in [0.1, 0.15) is 33.3 Å². The van der Waals surface area contributed by atoms with Gasteiger partial charge in [-0.25, -0.2) is 19.9 Å². The number of rotatable bonds is 8. The van der Waals surface area contributed by atoms with Gasteiger partial charge in [-0.3, -0.25) is 14.6 Å². The molecule has 0 amide bonds. The standard InChI is InChI=1S/C28H34N6O2S.C13H13ClN2O2S/c1-4-36-28(35)17-5-6-21-24(13-17)37-27-25(21)26(30-16-31-27)32-22-11-18-14-29-15-19(18)12-23(22)34-9-7-20(8-10-34)33(2)3;1-2-18-13(17)7-3-4-8-9(5-7)19-12-10(8)11(14)15-6-16-12/h11-12,14,16-17,20H,4-10,13,15H2,1-3H3,(H,30,31,32);6-7H,2-5H2,1H3/t17-;7-/m00/s1. The lowest BCUT2D eigenvalue weighted by atomic mass is 9.88. The molecule has 5 aromatic rings. The van der Waals surface area contributed by atoms with Crippen LogP contribution in [0.25, 0.3) is 20.4 Å². The maximum absolute atomic E-state index is 12.4. The Labute approximate surface area is 339 Å². The highest BCUT2D eigenvalue weighted by atomic mass is 35.5. The number of aryl methyl sites for hydroxylation is 2. The van der Waals surface area contributed by atoms with Crippen LogP contribution in [0.5, 0.6) is 0 Å². The summed E-state index contributed by atoms with van der Waals surface area (Å²) in [5.74, 6) is 0.557. The molecular weight excluding hydrogens is 768 g/mol. The molecule has 2 atom stereocenters. The molecule has 2 aliphatic heterocycles. The number of carbonyl (C=O) groups is 2. The largest absolute Gasteiger partial charge is 0.466 e. The van der Waals surface area contributed by atoms with Crippen molar-refractivity contribution in [3.8, 4) is 0 Å². The van der Waals surface area contributed by atoms with Gasteiger partial charge in [0.15, 0.2) is 0 Å². The molecule has 1 saturated heterocycles. The van der Waals surface area contributed by atoms with E-state index in [1.807, 2.05) is 20.1 Å². The average molecular weight is 815 g/mol. The lowest BCUT2D eigenvalue weighted by Gasteiger charge is -2.37. The fraction of sp³-hybridized carbons (Fsp3) is 0.488. The molecule has 9 rings (SSSR count). The zero-order valence-corrected chi connectivity index (χ0v) is 34.7. The first-order chi connectivity index (χ1) is 27.2. The summed E-state index contributed by atoms with van der Waals surface area (Å²) in [6, 6.07) is 5.16. The lowest BCUT2D eigenvalue weighted by molar-refractivity contribution is -0.149. The van der Waals surface area contributed by atoms with E-state index in [2.05, 4.69) is 61.3 Å². The van der Waals surface area contributed by atoms with Gasteiger partial charge in [0.25, 0.3) is 0 Å². The average Bonchev–Trinajstić information content (AvgIpc) is 3.93. The number of anilines is 3. The van der Waals surface area contributed by atoms with E-state index < -0.39 is 0 Å². The molecule has 12 nitrogen and oxygen atoms in total. The van der Waals surface area contributed by atoms with Gasteiger partial charge in [-0.2, -0.15) is 0 Å². The van der Waals surface area contributed by atoms with Crippen LogP contribution < -0.4 is 10.2 Å². The Hall–Kier alpha value is -4.24. The Kier molecular flexibility index (Phi) is 11.5. The Balaban J connectivity index is 0.000000194. The third kappa shape index (κ3) is 7.72. The number of aromatic nitrogens is 4. The number of nitrogens with one attached hydrogen (secondary N) is 1. The third-order valence-electron chi connectivity index (χ3n) is 11.4. The normalized spacial score (nSPS) is 19.0. The molecule has 2 aliphatic carbocycles. The Morgan fingerprint density at radius 2 is 1.46 bits per heavy atom. The van der Waals surface area contributed by atoms with E-state index in [1.54, 1.807) is 29.0 Å². The second kappa shape index (κ2) is 16.7. The summed E-state index contributed by atoms with van der Waals surface area (Å²) in [5, 5.41) is 6.29. The van der Waals surface area contributed by atoms with E-state index in [1.165, 1.54) is 44.0 Å². The van der Waals surface area contributed by atoms with Gasteiger partial charge in [0, 0.05) is 35.1 Å². The number of piperidine rings is 1. The predicted octanol–water partition coefficient (Wildman–Crippen LogP) is 7.58. The van der Waals surface area contributed by atoms with E-state index in [0.29, 0.717) is 24.4 Å². The molecule has 0 bridgehead atoms. The summed E-state index contributed by atoms with van der Waals surface area (Å²) in [4.78, 5) is 55.5. The van der Waals surface area contributed by atoms with Crippen molar-refractivity contribution >= 4 is 90.1 Å². The number of carbonyl (C=O) groups excluding carboxylic acids is 2. The highest BCUT2D eigenvalue weighted by Crippen LogP contribution is 2.43. The van der Waals surface area contributed by atoms with Crippen LogP contribution in [0.1, 0.15) is 71.5 Å². The van der Waals surface area contributed by atoms with Gasteiger partial charge in [-0.15, -0.1) is 22.7 Å². The van der Waals surface area contributed by atoms with Crippen molar-refractivity contribution in [1.82, 2.24) is 24.8 Å². The summed E-state index contributed by atoms with van der Waals surface area (Å²) in [5.41, 5.74) is 7.23. The number of halogens is 1. The summed E-state index contributed by atoms with van der Waals surface area (Å²) in [6.45, 7) is 7.36. The predicted molar refractivity (Wildman–Crippen MR) is 224 cm³/mol. The van der Waals surface area contributed by atoms with Crippen LogP contribution in [0.4, 0.5) is 17.2 Å². The van der Waals surface area contributed by atoms with Crippen LogP contribution in [-0.2, 0) is 51.3 Å². The first-order valence-electron chi connectivity index (χ1n) is 19.6. The second-order valence-electron chi connectivity index (χ2n) is 15.0. The molecule has 0 spiro atoms. The van der Waals surface area contributed by atoms with E-state index in [0.717, 1.165) is 103 Å². The second-order valence-corrected chi connectivity index (χ2v) is 17.5. The molecule has 6 heterocycles. The monoisotopic (exact) mass is 814 g/mol. The smallest absolute Gasteiger partial charge is 0.309 e. The summed E-state index contributed by atoms with van der Waals surface area (Å²) in [7, 11) is 4.35. The minimum atomic E-state index is -0.0946. The zero-order chi connectivity index (χ0) is 38.9. The number of hydrogen-bond acceptors (Lipinski definition) is 14. The fourth-order valence-electron chi connectivity index (χ4n) is 8.46. The van der Waals surface area contributed by atoms with Gasteiger partial charge in [0.2, 0.25) is 0 Å². The van der Waals surface area contributed by atoms with Gasteiger partial charge >= 0.3 is 11.9 Å². The number of thiophene rings is 2. The van der Waals surface area contributed by atoms with Crippen LogP contribution in [0.15, 0.2) is 29.8 Å². The minimum absolute atomic E-state index is 0.0350. The third-order valence-corrected chi connectivity index (χ3v) is 14.0. The molecule has 4 aliphatic rings. The number of benzene rings is 1. The van der Waals surface area contributed by atoms with Crippen molar-refractivity contribution in [1.29, 1.82) is 0 Å². The first-order valence-corrected chi connectivity index (χ1v) is 21.6. The number of nitrogens with zero attached hydrogens (tertiary/aromatic N) is 7. The minimum Gasteiger partial charge on any atom is -0.466 e. The molecule has 1 N–H and O–H groups in total. The Morgan fingerprint density at radius 3 is 2.09 bits per heavy atom. The van der Waals surface area contributed by atoms with Crippen molar-refractivity contribution in [2.45, 2.75) is 77.8 Å². The molecule has 1 fully saturated rings. The Bertz CT molecular complexity index is 2300. The van der Waals surface area contributed by atoms with E-state index in [-0.39, 0.29) is 23.8 Å². The molecule has 0 radical (unpaired) electrons. The van der Waals surface area contributed by atoms with Crippen LogP contribution in [0, 0.1) is 11.8 Å². The highest BCUT2D eigenvalue weighted by Gasteiger charge is 2.32. The van der Waals surface area contributed by atoms with E-state index in [9.17, 15) is 9.59 Å². The maximum Gasteiger partial charge on any atom is 0.309 e. The number of hydrogen-bond donors (Lipinski definition) is 1. The Morgan fingerprint density at radius 1 is 0.857 bits per heavy atom. The van der Waals surface area contributed by atoms with E-state index in [4.69, 9.17) is 26.1 Å².